The predicted molar refractivity (Wildman–Crippen MR) is 131 cm³/mol. The number of nitrogens with zero attached hydrogens (tertiary/aromatic N) is 6. The Morgan fingerprint density at radius 3 is 2.49 bits per heavy atom. The van der Waals surface area contributed by atoms with Gasteiger partial charge < -0.3 is 20.5 Å². The van der Waals surface area contributed by atoms with E-state index >= 15 is 0 Å². The van der Waals surface area contributed by atoms with Crippen molar-refractivity contribution in [3.8, 4) is 22.8 Å². The molecule has 1 fully saturated rings. The van der Waals surface area contributed by atoms with Gasteiger partial charge in [-0.3, -0.25) is 9.78 Å². The van der Waals surface area contributed by atoms with Crippen LogP contribution in [0.3, 0.4) is 0 Å². The van der Waals surface area contributed by atoms with Crippen LogP contribution in [-0.4, -0.2) is 61.1 Å². The first kappa shape index (κ1) is 26.1. The van der Waals surface area contributed by atoms with Crippen molar-refractivity contribution >= 4 is 34.4 Å². The number of hydroxylamine groups is 2. The number of piperidine rings is 1. The lowest BCUT2D eigenvalue weighted by Gasteiger charge is -2.29. The van der Waals surface area contributed by atoms with Gasteiger partial charge in [-0.2, -0.15) is 13.2 Å². The number of nitrogen functional groups attached to an aromatic ring is 1. The molecular weight excluding hydrogens is 521 g/mol. The van der Waals surface area contributed by atoms with Gasteiger partial charge in [0.05, 0.1) is 23.1 Å². The minimum Gasteiger partial charge on any atom is -0.379 e. The van der Waals surface area contributed by atoms with Crippen LogP contribution in [0.1, 0.15) is 19.8 Å². The summed E-state index contributed by atoms with van der Waals surface area (Å²) in [5.41, 5.74) is 9.02. The molecular formula is C24H23F3N8O4. The summed E-state index contributed by atoms with van der Waals surface area (Å²) >= 11 is 0. The molecule has 1 saturated heterocycles. The van der Waals surface area contributed by atoms with Gasteiger partial charge in [0.15, 0.2) is 17.3 Å². The Balaban J connectivity index is 1.45. The number of hydrogen-bond donors (Lipinski definition) is 2. The molecule has 204 valence electrons. The molecule has 39 heavy (non-hydrogen) atoms. The number of benzene rings is 1. The van der Waals surface area contributed by atoms with Crippen molar-refractivity contribution in [3.05, 3.63) is 36.5 Å². The summed E-state index contributed by atoms with van der Waals surface area (Å²) in [5.74, 6) is -2.73. The molecule has 3 aromatic heterocycles. The highest BCUT2D eigenvalue weighted by Crippen LogP contribution is 2.36. The highest BCUT2D eigenvalue weighted by molar-refractivity contribution is 6.05. The Hall–Kier alpha value is -4.53. The van der Waals surface area contributed by atoms with Crippen LogP contribution < -0.4 is 11.1 Å². The molecule has 0 bridgehead atoms. The van der Waals surface area contributed by atoms with Crippen molar-refractivity contribution in [2.75, 3.05) is 24.1 Å². The number of anilines is 2. The third-order valence-corrected chi connectivity index (χ3v) is 6.38. The summed E-state index contributed by atoms with van der Waals surface area (Å²) in [4.78, 5) is 38.0. The second-order valence-electron chi connectivity index (χ2n) is 8.83. The summed E-state index contributed by atoms with van der Waals surface area (Å²) in [6.07, 6.45) is -3.18. The maximum atomic E-state index is 13.2. The second kappa shape index (κ2) is 10.3. The average molecular weight is 544 g/mol. The van der Waals surface area contributed by atoms with Crippen LogP contribution in [0.4, 0.5) is 24.7 Å². The first-order chi connectivity index (χ1) is 18.7. The molecule has 0 aliphatic carbocycles. The maximum Gasteiger partial charge on any atom is 0.492 e. The number of carbonyl (C=O) groups excluding carboxylic acids is 2. The quantitative estimate of drug-likeness (QED) is 0.369. The van der Waals surface area contributed by atoms with E-state index in [1.807, 2.05) is 41.8 Å². The molecule has 0 atom stereocenters. The van der Waals surface area contributed by atoms with E-state index in [1.54, 1.807) is 0 Å². The number of fused-ring (bicyclic) bond motifs is 1. The van der Waals surface area contributed by atoms with E-state index in [4.69, 9.17) is 15.3 Å². The topological polar surface area (TPSA) is 154 Å². The van der Waals surface area contributed by atoms with E-state index in [1.165, 1.54) is 6.20 Å². The van der Waals surface area contributed by atoms with Gasteiger partial charge in [0.2, 0.25) is 5.91 Å². The Kier molecular flexibility index (Phi) is 6.91. The van der Waals surface area contributed by atoms with Crippen LogP contribution in [0, 0.1) is 5.92 Å². The lowest BCUT2D eigenvalue weighted by molar-refractivity contribution is -0.242. The molecule has 1 aliphatic heterocycles. The summed E-state index contributed by atoms with van der Waals surface area (Å²) in [6, 6.07) is 9.39. The van der Waals surface area contributed by atoms with Gasteiger partial charge >= 0.3 is 12.1 Å². The molecule has 4 aromatic rings. The number of amides is 1. The lowest BCUT2D eigenvalue weighted by atomic mass is 9.97. The number of alkyl halides is 3. The predicted octanol–water partition coefficient (Wildman–Crippen LogP) is 3.42. The molecule has 1 aromatic carbocycles. The molecule has 3 N–H and O–H groups in total. The number of nitrogens with one attached hydrogen (secondary N) is 1. The third kappa shape index (κ3) is 5.12. The smallest absolute Gasteiger partial charge is 0.379 e. The van der Waals surface area contributed by atoms with Gasteiger partial charge in [0, 0.05) is 31.1 Å². The van der Waals surface area contributed by atoms with Crippen molar-refractivity contribution < 1.29 is 32.2 Å². The number of pyridine rings is 1. The lowest BCUT2D eigenvalue weighted by Crippen LogP contribution is -2.41. The van der Waals surface area contributed by atoms with Gasteiger partial charge in [-0.1, -0.05) is 30.3 Å². The fourth-order valence-electron chi connectivity index (χ4n) is 4.49. The van der Waals surface area contributed by atoms with E-state index in [9.17, 15) is 22.8 Å². The summed E-state index contributed by atoms with van der Waals surface area (Å²) in [6.45, 7) is 2.29. The average Bonchev–Trinajstić information content (AvgIpc) is 3.52. The van der Waals surface area contributed by atoms with E-state index in [0.717, 1.165) is 10.6 Å². The molecule has 5 rings (SSSR count). The normalized spacial score (nSPS) is 15.0. The summed E-state index contributed by atoms with van der Waals surface area (Å²) in [5, 5.41) is 11.4. The minimum atomic E-state index is -5.09. The first-order valence-corrected chi connectivity index (χ1v) is 12.0. The zero-order valence-corrected chi connectivity index (χ0v) is 20.6. The van der Waals surface area contributed by atoms with Crippen molar-refractivity contribution in [2.45, 2.75) is 32.5 Å². The van der Waals surface area contributed by atoms with Gasteiger partial charge in [-0.25, -0.2) is 14.4 Å². The van der Waals surface area contributed by atoms with Crippen LogP contribution in [0.25, 0.3) is 33.8 Å². The molecule has 0 spiro atoms. The number of halogens is 3. The zero-order chi connectivity index (χ0) is 27.7. The van der Waals surface area contributed by atoms with E-state index in [2.05, 4.69) is 25.5 Å². The van der Waals surface area contributed by atoms with Crippen molar-refractivity contribution in [3.63, 3.8) is 0 Å². The molecule has 0 radical (unpaired) electrons. The van der Waals surface area contributed by atoms with Crippen LogP contribution in [0.5, 0.6) is 0 Å². The van der Waals surface area contributed by atoms with Crippen LogP contribution >= 0.6 is 0 Å². The van der Waals surface area contributed by atoms with Crippen molar-refractivity contribution in [2.24, 2.45) is 5.92 Å². The Morgan fingerprint density at radius 1 is 1.15 bits per heavy atom. The number of rotatable bonds is 6. The summed E-state index contributed by atoms with van der Waals surface area (Å²) in [7, 11) is 0. The molecule has 0 unspecified atom stereocenters. The SMILES string of the molecule is CCn1c(-c2nonc2N)nc2c(-c3ccccc3)ncc(NC(=O)C3CCN(OC(=O)C(F)(F)F)CC3)c21. The van der Waals surface area contributed by atoms with Crippen molar-refractivity contribution in [1.82, 2.24) is 29.9 Å². The monoisotopic (exact) mass is 544 g/mol. The number of hydrogen-bond acceptors (Lipinski definition) is 10. The van der Waals surface area contributed by atoms with Gasteiger partial charge in [0.1, 0.15) is 5.52 Å². The molecule has 4 heterocycles. The maximum absolute atomic E-state index is 13.2. The first-order valence-electron chi connectivity index (χ1n) is 12.0. The number of nitrogens with two attached hydrogens (primary N) is 1. The van der Waals surface area contributed by atoms with E-state index in [0.29, 0.717) is 34.8 Å². The van der Waals surface area contributed by atoms with Crippen LogP contribution in [0.2, 0.25) is 0 Å². The molecule has 15 heteroatoms. The Morgan fingerprint density at radius 2 is 1.87 bits per heavy atom. The van der Waals surface area contributed by atoms with Gasteiger partial charge in [-0.05, 0) is 30.1 Å². The standard InChI is InChI=1S/C24H23F3N8O4/c1-2-35-19-15(30-22(36)14-8-10-34(11-9-14)38-23(37)24(25,26)27)12-29-16(13-6-4-3-5-7-13)17(19)31-21(35)18-20(28)33-39-32-18/h3-7,12,14H,2,8-11H2,1H3,(H2,28,33)(H,30,36). The Bertz CT molecular complexity index is 1510. The largest absolute Gasteiger partial charge is 0.492 e. The highest BCUT2D eigenvalue weighted by atomic mass is 19.4. The zero-order valence-electron chi connectivity index (χ0n) is 20.6. The number of imidazole rings is 1. The molecule has 12 nitrogen and oxygen atoms in total. The Labute approximate surface area is 218 Å². The third-order valence-electron chi connectivity index (χ3n) is 6.38. The molecule has 1 amide bonds. The van der Waals surface area contributed by atoms with Crippen LogP contribution in [-0.2, 0) is 21.0 Å². The van der Waals surface area contributed by atoms with Crippen molar-refractivity contribution in [1.29, 1.82) is 0 Å². The number of aromatic nitrogens is 5. The fraction of sp³-hybridized carbons (Fsp3) is 0.333. The van der Waals surface area contributed by atoms with E-state index in [-0.39, 0.29) is 43.4 Å². The second-order valence-corrected chi connectivity index (χ2v) is 8.83. The van der Waals surface area contributed by atoms with Crippen LogP contribution in [0.15, 0.2) is 41.2 Å². The highest BCUT2D eigenvalue weighted by Gasteiger charge is 2.43. The molecule has 0 saturated carbocycles. The number of carbonyl (C=O) groups is 2. The number of aryl methyl sites for hydroxylation is 1. The minimum absolute atomic E-state index is 0.0179. The summed E-state index contributed by atoms with van der Waals surface area (Å²) < 4.78 is 44.1. The fourth-order valence-corrected chi connectivity index (χ4v) is 4.49. The van der Waals surface area contributed by atoms with Gasteiger partial charge in [-0.15, -0.1) is 5.06 Å². The van der Waals surface area contributed by atoms with Gasteiger partial charge in [0.25, 0.3) is 0 Å². The van der Waals surface area contributed by atoms with E-state index < -0.39 is 18.1 Å². The molecule has 1 aliphatic rings.